The summed E-state index contributed by atoms with van der Waals surface area (Å²) in [4.78, 5) is 23.2. The van der Waals surface area contributed by atoms with E-state index in [0.29, 0.717) is 19.0 Å². The summed E-state index contributed by atoms with van der Waals surface area (Å²) < 4.78 is 0.857. The Kier molecular flexibility index (Phi) is 6.20. The van der Waals surface area contributed by atoms with Crippen LogP contribution in [0.1, 0.15) is 25.7 Å². The molecule has 1 aromatic rings. The van der Waals surface area contributed by atoms with E-state index in [1.807, 2.05) is 24.3 Å². The molecule has 1 fully saturated rings. The van der Waals surface area contributed by atoms with Crippen LogP contribution in [0.5, 0.6) is 0 Å². The standard InChI is InChI=1S/C15H20BrN3O2/c16-12-4-1-2-5-13(12)19-15(21)10-17-9-3-6-14(20)18-11-7-8-11/h1-2,4-5,11,17H,3,6-10H2,(H,18,20)(H,19,21). The molecule has 21 heavy (non-hydrogen) atoms. The lowest BCUT2D eigenvalue weighted by Gasteiger charge is -2.08. The minimum atomic E-state index is -0.0932. The van der Waals surface area contributed by atoms with Crippen LogP contribution in [0.4, 0.5) is 5.69 Å². The number of carbonyl (C=O) groups excluding carboxylic acids is 2. The van der Waals surface area contributed by atoms with Crippen molar-refractivity contribution in [2.24, 2.45) is 0 Å². The third kappa shape index (κ3) is 6.27. The molecule has 0 bridgehead atoms. The highest BCUT2D eigenvalue weighted by Gasteiger charge is 2.22. The summed E-state index contributed by atoms with van der Waals surface area (Å²) in [6.07, 6.45) is 3.47. The lowest BCUT2D eigenvalue weighted by Crippen LogP contribution is -2.30. The van der Waals surface area contributed by atoms with Crippen LogP contribution in [0.2, 0.25) is 0 Å². The van der Waals surface area contributed by atoms with Gasteiger partial charge in [0.15, 0.2) is 0 Å². The maximum absolute atomic E-state index is 11.7. The number of halogens is 1. The molecule has 2 rings (SSSR count). The highest BCUT2D eigenvalue weighted by Crippen LogP contribution is 2.20. The van der Waals surface area contributed by atoms with Crippen molar-refractivity contribution in [2.45, 2.75) is 31.7 Å². The van der Waals surface area contributed by atoms with E-state index in [2.05, 4.69) is 31.9 Å². The first kappa shape index (κ1) is 16.0. The van der Waals surface area contributed by atoms with Crippen molar-refractivity contribution in [1.82, 2.24) is 10.6 Å². The van der Waals surface area contributed by atoms with E-state index in [9.17, 15) is 9.59 Å². The van der Waals surface area contributed by atoms with E-state index in [1.54, 1.807) is 0 Å². The van der Waals surface area contributed by atoms with Gasteiger partial charge in [0.2, 0.25) is 11.8 Å². The number of carbonyl (C=O) groups is 2. The van der Waals surface area contributed by atoms with E-state index in [0.717, 1.165) is 29.4 Å². The number of anilines is 1. The second kappa shape index (κ2) is 8.14. The Morgan fingerprint density at radius 3 is 2.67 bits per heavy atom. The van der Waals surface area contributed by atoms with Gasteiger partial charge in [-0.15, -0.1) is 0 Å². The smallest absolute Gasteiger partial charge is 0.238 e. The van der Waals surface area contributed by atoms with Gasteiger partial charge in [-0.05, 0) is 53.9 Å². The van der Waals surface area contributed by atoms with Crippen LogP contribution < -0.4 is 16.0 Å². The van der Waals surface area contributed by atoms with Crippen LogP contribution >= 0.6 is 15.9 Å². The average molecular weight is 354 g/mol. The zero-order valence-electron chi connectivity index (χ0n) is 11.8. The van der Waals surface area contributed by atoms with E-state index >= 15 is 0 Å². The monoisotopic (exact) mass is 353 g/mol. The van der Waals surface area contributed by atoms with Gasteiger partial charge in [-0.3, -0.25) is 9.59 Å². The Morgan fingerprint density at radius 2 is 1.95 bits per heavy atom. The van der Waals surface area contributed by atoms with E-state index in [1.165, 1.54) is 0 Å². The second-order valence-electron chi connectivity index (χ2n) is 5.15. The van der Waals surface area contributed by atoms with Gasteiger partial charge in [-0.1, -0.05) is 12.1 Å². The largest absolute Gasteiger partial charge is 0.353 e. The maximum Gasteiger partial charge on any atom is 0.238 e. The minimum Gasteiger partial charge on any atom is -0.353 e. The SMILES string of the molecule is O=C(CNCCCC(=O)NC1CC1)Nc1ccccc1Br. The third-order valence-electron chi connectivity index (χ3n) is 3.13. The Labute approximate surface area is 133 Å². The Balaban J connectivity index is 1.54. The van der Waals surface area contributed by atoms with Gasteiger partial charge in [0.05, 0.1) is 12.2 Å². The predicted octanol–water partition coefficient (Wildman–Crippen LogP) is 2.04. The van der Waals surface area contributed by atoms with E-state index < -0.39 is 0 Å². The van der Waals surface area contributed by atoms with Crippen molar-refractivity contribution < 1.29 is 9.59 Å². The molecule has 1 saturated carbocycles. The molecule has 0 saturated heterocycles. The molecule has 6 heteroatoms. The van der Waals surface area contributed by atoms with Crippen LogP contribution in [0.25, 0.3) is 0 Å². The van der Waals surface area contributed by atoms with Crippen molar-refractivity contribution >= 4 is 33.4 Å². The van der Waals surface area contributed by atoms with Gasteiger partial charge in [0, 0.05) is 16.9 Å². The fraction of sp³-hybridized carbons (Fsp3) is 0.467. The molecule has 0 atom stereocenters. The van der Waals surface area contributed by atoms with Crippen molar-refractivity contribution in [3.63, 3.8) is 0 Å². The highest BCUT2D eigenvalue weighted by molar-refractivity contribution is 9.10. The normalized spacial score (nSPS) is 13.8. The predicted molar refractivity (Wildman–Crippen MR) is 86.0 cm³/mol. The molecular formula is C15H20BrN3O2. The Morgan fingerprint density at radius 1 is 1.19 bits per heavy atom. The second-order valence-corrected chi connectivity index (χ2v) is 6.00. The lowest BCUT2D eigenvalue weighted by atomic mass is 10.3. The third-order valence-corrected chi connectivity index (χ3v) is 3.82. The van der Waals surface area contributed by atoms with Gasteiger partial charge < -0.3 is 16.0 Å². The number of hydrogen-bond acceptors (Lipinski definition) is 3. The molecule has 1 aromatic carbocycles. The summed E-state index contributed by atoms with van der Waals surface area (Å²) in [7, 11) is 0. The summed E-state index contributed by atoms with van der Waals surface area (Å²) in [5.74, 6) is 0.0151. The quantitative estimate of drug-likeness (QED) is 0.626. The molecule has 1 aliphatic carbocycles. The molecule has 0 aromatic heterocycles. The van der Waals surface area contributed by atoms with Crippen molar-refractivity contribution in [2.75, 3.05) is 18.4 Å². The molecule has 2 amide bonds. The van der Waals surface area contributed by atoms with Crippen molar-refractivity contribution in [3.05, 3.63) is 28.7 Å². The summed E-state index contributed by atoms with van der Waals surface area (Å²) >= 11 is 3.38. The lowest BCUT2D eigenvalue weighted by molar-refractivity contribution is -0.121. The van der Waals surface area contributed by atoms with Crippen LogP contribution in [0.3, 0.4) is 0 Å². The first-order valence-corrected chi connectivity index (χ1v) is 7.99. The van der Waals surface area contributed by atoms with Gasteiger partial charge in [0.25, 0.3) is 0 Å². The molecule has 0 aliphatic heterocycles. The zero-order valence-corrected chi connectivity index (χ0v) is 13.4. The maximum atomic E-state index is 11.7. The first-order chi connectivity index (χ1) is 10.1. The number of amides is 2. The van der Waals surface area contributed by atoms with E-state index in [-0.39, 0.29) is 18.4 Å². The van der Waals surface area contributed by atoms with Gasteiger partial charge in [-0.2, -0.15) is 0 Å². The fourth-order valence-corrected chi connectivity index (χ4v) is 2.24. The Bertz CT molecular complexity index is 503. The van der Waals surface area contributed by atoms with Crippen molar-refractivity contribution in [1.29, 1.82) is 0 Å². The summed E-state index contributed by atoms with van der Waals surface area (Å²) in [6.45, 7) is 0.896. The highest BCUT2D eigenvalue weighted by atomic mass is 79.9. The van der Waals surface area contributed by atoms with Gasteiger partial charge in [0.1, 0.15) is 0 Å². The molecular weight excluding hydrogens is 334 g/mol. The molecule has 0 spiro atoms. The molecule has 0 radical (unpaired) electrons. The van der Waals surface area contributed by atoms with Gasteiger partial charge >= 0.3 is 0 Å². The average Bonchev–Trinajstić information content (AvgIpc) is 3.25. The topological polar surface area (TPSA) is 70.2 Å². The van der Waals surface area contributed by atoms with Crippen LogP contribution in [-0.4, -0.2) is 30.9 Å². The zero-order chi connectivity index (χ0) is 15.1. The summed E-state index contributed by atoms with van der Waals surface area (Å²) in [5.41, 5.74) is 0.758. The van der Waals surface area contributed by atoms with Gasteiger partial charge in [-0.25, -0.2) is 0 Å². The van der Waals surface area contributed by atoms with Crippen LogP contribution in [0.15, 0.2) is 28.7 Å². The molecule has 0 unspecified atom stereocenters. The van der Waals surface area contributed by atoms with Crippen LogP contribution in [0, 0.1) is 0 Å². The number of rotatable bonds is 8. The molecule has 1 aliphatic rings. The summed E-state index contributed by atoms with van der Waals surface area (Å²) in [6, 6.07) is 7.89. The summed E-state index contributed by atoms with van der Waals surface area (Å²) in [5, 5.41) is 8.80. The number of para-hydroxylation sites is 1. The fourth-order valence-electron chi connectivity index (χ4n) is 1.86. The molecule has 114 valence electrons. The number of benzene rings is 1. The number of nitrogens with one attached hydrogen (secondary N) is 3. The van der Waals surface area contributed by atoms with Crippen LogP contribution in [-0.2, 0) is 9.59 Å². The molecule has 3 N–H and O–H groups in total. The Hall–Kier alpha value is -1.40. The first-order valence-electron chi connectivity index (χ1n) is 7.19. The molecule has 0 heterocycles. The molecule has 5 nitrogen and oxygen atoms in total. The van der Waals surface area contributed by atoms with Crippen molar-refractivity contribution in [3.8, 4) is 0 Å². The minimum absolute atomic E-state index is 0.0932. The van der Waals surface area contributed by atoms with E-state index in [4.69, 9.17) is 0 Å². The number of hydrogen-bond donors (Lipinski definition) is 3.